The van der Waals surface area contributed by atoms with Crippen LogP contribution in [0.4, 0.5) is 10.5 Å². The molecule has 146 valence electrons. The van der Waals surface area contributed by atoms with Crippen molar-refractivity contribution in [2.24, 2.45) is 5.92 Å². The van der Waals surface area contributed by atoms with Crippen LogP contribution >= 0.6 is 0 Å². The minimum Gasteiger partial charge on any atom is -0.452 e. The van der Waals surface area contributed by atoms with Crippen LogP contribution in [0.25, 0.3) is 0 Å². The Kier molecular flexibility index (Phi) is 6.92. The molecule has 0 saturated carbocycles. The monoisotopic (exact) mass is 375 g/mol. The SMILES string of the molecule is CCNC(=O)NC(=O)[C@H](C)OC(=O)[C@H]1CC(=O)N(c2ccc(CC)cc2)C1. The third-order valence-electron chi connectivity index (χ3n) is 4.35. The van der Waals surface area contributed by atoms with Crippen molar-refractivity contribution in [2.75, 3.05) is 18.0 Å². The average molecular weight is 375 g/mol. The molecule has 1 aromatic carbocycles. The van der Waals surface area contributed by atoms with E-state index in [1.165, 1.54) is 6.92 Å². The largest absolute Gasteiger partial charge is 0.452 e. The molecular weight excluding hydrogens is 350 g/mol. The number of amides is 4. The van der Waals surface area contributed by atoms with E-state index in [0.29, 0.717) is 6.54 Å². The number of urea groups is 1. The number of carbonyl (C=O) groups is 4. The number of nitrogens with one attached hydrogen (secondary N) is 2. The second-order valence-corrected chi connectivity index (χ2v) is 6.35. The zero-order chi connectivity index (χ0) is 20.0. The van der Waals surface area contributed by atoms with Crippen molar-refractivity contribution in [1.29, 1.82) is 0 Å². The Hall–Kier alpha value is -2.90. The van der Waals surface area contributed by atoms with Gasteiger partial charge >= 0.3 is 12.0 Å². The smallest absolute Gasteiger partial charge is 0.321 e. The van der Waals surface area contributed by atoms with Crippen molar-refractivity contribution in [3.8, 4) is 0 Å². The molecular formula is C19H25N3O5. The third-order valence-corrected chi connectivity index (χ3v) is 4.35. The fraction of sp³-hybridized carbons (Fsp3) is 0.474. The third kappa shape index (κ3) is 5.29. The predicted molar refractivity (Wildman–Crippen MR) is 99.0 cm³/mol. The van der Waals surface area contributed by atoms with E-state index in [1.54, 1.807) is 11.8 Å². The number of nitrogens with zero attached hydrogens (tertiary/aromatic N) is 1. The molecule has 1 heterocycles. The van der Waals surface area contributed by atoms with Crippen LogP contribution in [0.3, 0.4) is 0 Å². The number of esters is 1. The van der Waals surface area contributed by atoms with Gasteiger partial charge in [0, 0.05) is 25.2 Å². The average Bonchev–Trinajstić information content (AvgIpc) is 3.03. The molecule has 1 saturated heterocycles. The summed E-state index contributed by atoms with van der Waals surface area (Å²) in [5, 5.41) is 4.50. The Labute approximate surface area is 158 Å². The molecule has 2 rings (SSSR count). The van der Waals surface area contributed by atoms with Gasteiger partial charge in [0.2, 0.25) is 5.91 Å². The molecule has 4 amide bonds. The summed E-state index contributed by atoms with van der Waals surface area (Å²) in [7, 11) is 0. The first-order chi connectivity index (χ1) is 12.8. The van der Waals surface area contributed by atoms with E-state index in [4.69, 9.17) is 4.74 Å². The van der Waals surface area contributed by atoms with Crippen LogP contribution in [0.1, 0.15) is 32.8 Å². The number of hydrogen-bond acceptors (Lipinski definition) is 5. The normalized spacial score (nSPS) is 17.4. The van der Waals surface area contributed by atoms with E-state index < -0.39 is 29.9 Å². The van der Waals surface area contributed by atoms with Crippen LogP contribution in [-0.2, 0) is 25.5 Å². The molecule has 0 unspecified atom stereocenters. The molecule has 0 aliphatic carbocycles. The molecule has 1 aromatic rings. The van der Waals surface area contributed by atoms with Gasteiger partial charge in [-0.1, -0.05) is 19.1 Å². The van der Waals surface area contributed by atoms with Crippen LogP contribution < -0.4 is 15.5 Å². The fourth-order valence-corrected chi connectivity index (χ4v) is 2.77. The van der Waals surface area contributed by atoms with Crippen molar-refractivity contribution in [1.82, 2.24) is 10.6 Å². The number of aryl methyl sites for hydroxylation is 1. The van der Waals surface area contributed by atoms with E-state index in [-0.39, 0.29) is 18.9 Å². The van der Waals surface area contributed by atoms with E-state index in [2.05, 4.69) is 10.6 Å². The zero-order valence-electron chi connectivity index (χ0n) is 15.8. The Morgan fingerprint density at radius 2 is 1.89 bits per heavy atom. The molecule has 8 heteroatoms. The van der Waals surface area contributed by atoms with Gasteiger partial charge in [-0.2, -0.15) is 0 Å². The van der Waals surface area contributed by atoms with Gasteiger partial charge in [0.25, 0.3) is 5.91 Å². The van der Waals surface area contributed by atoms with Gasteiger partial charge < -0.3 is 15.0 Å². The van der Waals surface area contributed by atoms with Crippen molar-refractivity contribution < 1.29 is 23.9 Å². The lowest BCUT2D eigenvalue weighted by atomic mass is 10.1. The predicted octanol–water partition coefficient (Wildman–Crippen LogP) is 1.38. The second-order valence-electron chi connectivity index (χ2n) is 6.35. The molecule has 0 bridgehead atoms. The number of carbonyl (C=O) groups excluding carboxylic acids is 4. The van der Waals surface area contributed by atoms with Crippen LogP contribution in [-0.4, -0.2) is 43.0 Å². The van der Waals surface area contributed by atoms with E-state index in [9.17, 15) is 19.2 Å². The van der Waals surface area contributed by atoms with Crippen LogP contribution in [0.5, 0.6) is 0 Å². The lowest BCUT2D eigenvalue weighted by Gasteiger charge is -2.18. The van der Waals surface area contributed by atoms with Crippen molar-refractivity contribution in [3.63, 3.8) is 0 Å². The summed E-state index contributed by atoms with van der Waals surface area (Å²) < 4.78 is 5.13. The Morgan fingerprint density at radius 3 is 2.48 bits per heavy atom. The van der Waals surface area contributed by atoms with Gasteiger partial charge in [-0.15, -0.1) is 0 Å². The highest BCUT2D eigenvalue weighted by molar-refractivity contribution is 6.00. The Bertz CT molecular complexity index is 717. The summed E-state index contributed by atoms with van der Waals surface area (Å²) in [6.07, 6.45) is -0.202. The van der Waals surface area contributed by atoms with Crippen molar-refractivity contribution >= 4 is 29.5 Å². The molecule has 1 fully saturated rings. The van der Waals surface area contributed by atoms with Gasteiger partial charge in [-0.05, 0) is 38.0 Å². The molecule has 1 aliphatic heterocycles. The summed E-state index contributed by atoms with van der Waals surface area (Å²) in [4.78, 5) is 49.3. The Morgan fingerprint density at radius 1 is 1.22 bits per heavy atom. The highest BCUT2D eigenvalue weighted by Gasteiger charge is 2.37. The summed E-state index contributed by atoms with van der Waals surface area (Å²) >= 11 is 0. The van der Waals surface area contributed by atoms with Gasteiger partial charge in [0.1, 0.15) is 0 Å². The minimum absolute atomic E-state index is 0.0268. The van der Waals surface area contributed by atoms with Crippen molar-refractivity contribution in [3.05, 3.63) is 29.8 Å². The summed E-state index contributed by atoms with van der Waals surface area (Å²) in [6.45, 7) is 5.71. The van der Waals surface area contributed by atoms with E-state index >= 15 is 0 Å². The quantitative estimate of drug-likeness (QED) is 0.731. The summed E-state index contributed by atoms with van der Waals surface area (Å²) in [6, 6.07) is 6.95. The van der Waals surface area contributed by atoms with Crippen LogP contribution in [0, 0.1) is 5.92 Å². The number of rotatable bonds is 6. The molecule has 2 atom stereocenters. The number of benzene rings is 1. The molecule has 27 heavy (non-hydrogen) atoms. The Balaban J connectivity index is 1.92. The molecule has 0 aromatic heterocycles. The first-order valence-corrected chi connectivity index (χ1v) is 9.04. The fourth-order valence-electron chi connectivity index (χ4n) is 2.77. The topological polar surface area (TPSA) is 105 Å². The van der Waals surface area contributed by atoms with E-state index in [1.807, 2.05) is 31.2 Å². The number of anilines is 1. The van der Waals surface area contributed by atoms with Crippen LogP contribution in [0.15, 0.2) is 24.3 Å². The molecule has 0 spiro atoms. The lowest BCUT2D eigenvalue weighted by molar-refractivity contribution is -0.158. The standard InChI is InChI=1S/C19H25N3O5/c1-4-13-6-8-15(9-7-13)22-11-14(10-16(22)23)18(25)27-12(3)17(24)21-19(26)20-5-2/h6-9,12,14H,4-5,10-11H2,1-3H3,(H2,20,21,24,26)/t12-,14-/m0/s1. The van der Waals surface area contributed by atoms with E-state index in [0.717, 1.165) is 17.7 Å². The van der Waals surface area contributed by atoms with Gasteiger partial charge in [-0.3, -0.25) is 19.7 Å². The molecule has 1 aliphatic rings. The van der Waals surface area contributed by atoms with Gasteiger partial charge in [-0.25, -0.2) is 4.79 Å². The zero-order valence-corrected chi connectivity index (χ0v) is 15.8. The van der Waals surface area contributed by atoms with Crippen molar-refractivity contribution in [2.45, 2.75) is 39.7 Å². The minimum atomic E-state index is -1.13. The second kappa shape index (κ2) is 9.16. The lowest BCUT2D eigenvalue weighted by Crippen LogP contribution is -2.45. The maximum Gasteiger partial charge on any atom is 0.321 e. The van der Waals surface area contributed by atoms with Crippen LogP contribution in [0.2, 0.25) is 0 Å². The number of imide groups is 1. The summed E-state index contributed by atoms with van der Waals surface area (Å²) in [5.41, 5.74) is 1.89. The number of ether oxygens (including phenoxy) is 1. The highest BCUT2D eigenvalue weighted by Crippen LogP contribution is 2.26. The highest BCUT2D eigenvalue weighted by atomic mass is 16.5. The first-order valence-electron chi connectivity index (χ1n) is 9.04. The maximum atomic E-state index is 12.3. The van der Waals surface area contributed by atoms with Gasteiger partial charge in [0.15, 0.2) is 6.10 Å². The first kappa shape index (κ1) is 20.4. The summed E-state index contributed by atoms with van der Waals surface area (Å²) in [5.74, 6) is -2.16. The van der Waals surface area contributed by atoms with Gasteiger partial charge in [0.05, 0.1) is 5.92 Å². The molecule has 2 N–H and O–H groups in total. The molecule has 8 nitrogen and oxygen atoms in total. The maximum absolute atomic E-state index is 12.3. The molecule has 0 radical (unpaired) electrons. The number of hydrogen-bond donors (Lipinski definition) is 2.